The van der Waals surface area contributed by atoms with E-state index in [0.717, 1.165) is 46.5 Å². The average Bonchev–Trinajstić information content (AvgIpc) is 3.27. The van der Waals surface area contributed by atoms with E-state index in [4.69, 9.17) is 5.26 Å². The van der Waals surface area contributed by atoms with Crippen LogP contribution in [0.25, 0.3) is 22.1 Å². The molecule has 0 radical (unpaired) electrons. The van der Waals surface area contributed by atoms with Crippen molar-refractivity contribution in [1.29, 1.82) is 5.26 Å². The largest absolute Gasteiger partial charge is 0.363 e. The Labute approximate surface area is 218 Å². The number of piperazine rings is 1. The number of aromatic nitrogens is 5. The van der Waals surface area contributed by atoms with Gasteiger partial charge in [0.1, 0.15) is 16.5 Å². The molecule has 3 atom stereocenters. The first kappa shape index (κ1) is 24.4. The van der Waals surface area contributed by atoms with Gasteiger partial charge >= 0.3 is 0 Å². The minimum absolute atomic E-state index is 0.114. The van der Waals surface area contributed by atoms with Crippen molar-refractivity contribution in [2.75, 3.05) is 18.0 Å². The molecule has 186 valence electrons. The molecule has 3 aromatic heterocycles. The topological polar surface area (TPSA) is 95.9 Å². The number of hydrogen-bond acceptors (Lipinski definition) is 7. The molecule has 1 aliphatic heterocycles. The maximum atomic E-state index is 13.1. The van der Waals surface area contributed by atoms with Crippen molar-refractivity contribution in [3.8, 4) is 6.07 Å². The summed E-state index contributed by atoms with van der Waals surface area (Å²) in [4.78, 5) is 27.0. The summed E-state index contributed by atoms with van der Waals surface area (Å²) in [6.45, 7) is 10.3. The number of nitrogens with zero attached hydrogens (tertiary/aromatic N) is 8. The fourth-order valence-corrected chi connectivity index (χ4v) is 5.96. The molecule has 1 saturated heterocycles. The second kappa shape index (κ2) is 9.30. The normalized spacial score (nSPS) is 19.6. The van der Waals surface area contributed by atoms with Crippen molar-refractivity contribution >= 4 is 43.7 Å². The molecular weight excluding hydrogens is 520 g/mol. The Bertz CT molecular complexity index is 1570. The van der Waals surface area contributed by atoms with Crippen molar-refractivity contribution in [2.45, 2.75) is 52.4 Å². The number of hydrogen-bond donors (Lipinski definition) is 0. The highest BCUT2D eigenvalue weighted by atomic mass is 79.9. The maximum Gasteiger partial charge on any atom is 0.267 e. The zero-order valence-electron chi connectivity index (χ0n) is 21.1. The van der Waals surface area contributed by atoms with Crippen LogP contribution in [0.3, 0.4) is 0 Å². The zero-order chi connectivity index (χ0) is 25.7. The SMILES string of the molecule is Cc1cnc2ccc([C@H](C)N3C[C@H](C)N(c4c(Br)c(=O)n(C)c5cn(CC#N)nc45)C[C@H]3C)cc2n1. The third-order valence-corrected chi connectivity index (χ3v) is 7.96. The van der Waals surface area contributed by atoms with Gasteiger partial charge in [-0.1, -0.05) is 6.07 Å². The van der Waals surface area contributed by atoms with Gasteiger partial charge in [-0.2, -0.15) is 10.4 Å². The summed E-state index contributed by atoms with van der Waals surface area (Å²) in [6, 6.07) is 9.02. The summed E-state index contributed by atoms with van der Waals surface area (Å²) < 4.78 is 3.68. The lowest BCUT2D eigenvalue weighted by molar-refractivity contribution is 0.119. The first-order valence-electron chi connectivity index (χ1n) is 12.1. The van der Waals surface area contributed by atoms with Crippen molar-refractivity contribution < 1.29 is 0 Å². The number of nitriles is 1. The van der Waals surface area contributed by atoms with Gasteiger partial charge in [0, 0.05) is 44.5 Å². The second-order valence-electron chi connectivity index (χ2n) is 9.73. The van der Waals surface area contributed by atoms with Crippen LogP contribution in [0.15, 0.2) is 39.9 Å². The Morgan fingerprint density at radius 1 is 1.22 bits per heavy atom. The lowest BCUT2D eigenvalue weighted by atomic mass is 9.99. The van der Waals surface area contributed by atoms with Gasteiger partial charge in [-0.05, 0) is 61.3 Å². The second-order valence-corrected chi connectivity index (χ2v) is 10.5. The Morgan fingerprint density at radius 3 is 2.75 bits per heavy atom. The van der Waals surface area contributed by atoms with E-state index in [1.54, 1.807) is 28.7 Å². The monoisotopic (exact) mass is 548 g/mol. The highest BCUT2D eigenvalue weighted by Gasteiger charge is 2.35. The van der Waals surface area contributed by atoms with Gasteiger partial charge in [0.05, 0.1) is 40.2 Å². The minimum atomic E-state index is -0.114. The molecule has 1 aromatic carbocycles. The number of fused-ring (bicyclic) bond motifs is 2. The summed E-state index contributed by atoms with van der Waals surface area (Å²) in [6.07, 6.45) is 3.57. The van der Waals surface area contributed by atoms with Crippen LogP contribution >= 0.6 is 15.9 Å². The highest BCUT2D eigenvalue weighted by Crippen LogP contribution is 2.36. The van der Waals surface area contributed by atoms with Crippen LogP contribution in [0.4, 0.5) is 5.69 Å². The standard InChI is InChI=1S/C26H29BrN8O/c1-15-11-29-20-7-6-19(10-21(20)30-15)18(4)34-12-17(3)35(13-16(34)2)25-23(27)26(36)32(5)22-14-33(9-8-28)31-24(22)25/h6-7,10-11,14,16-18H,9,12-13H2,1-5H3/t16-,17+,18+/m1/s1. The van der Waals surface area contributed by atoms with Gasteiger partial charge < -0.3 is 9.47 Å². The van der Waals surface area contributed by atoms with E-state index in [-0.39, 0.29) is 30.2 Å². The summed E-state index contributed by atoms with van der Waals surface area (Å²) in [5, 5.41) is 13.8. The summed E-state index contributed by atoms with van der Waals surface area (Å²) in [5.41, 5.74) is 6.06. The van der Waals surface area contributed by atoms with Crippen molar-refractivity contribution in [3.05, 3.63) is 56.7 Å². The molecule has 0 unspecified atom stereocenters. The van der Waals surface area contributed by atoms with Gasteiger partial charge in [-0.25, -0.2) is 4.98 Å². The lowest BCUT2D eigenvalue weighted by Crippen LogP contribution is -2.57. The number of aryl methyl sites for hydroxylation is 2. The first-order chi connectivity index (χ1) is 17.2. The van der Waals surface area contributed by atoms with E-state index >= 15 is 0 Å². The molecule has 1 fully saturated rings. The molecule has 0 saturated carbocycles. The number of halogens is 1. The Balaban J connectivity index is 1.48. The molecular formula is C26H29BrN8O. The van der Waals surface area contributed by atoms with Crippen molar-refractivity contribution in [1.82, 2.24) is 29.2 Å². The van der Waals surface area contributed by atoms with Crippen molar-refractivity contribution in [3.63, 3.8) is 0 Å². The fraction of sp³-hybridized carbons (Fsp3) is 0.423. The maximum absolute atomic E-state index is 13.1. The molecule has 4 aromatic rings. The van der Waals surface area contributed by atoms with E-state index in [1.807, 2.05) is 13.0 Å². The molecule has 5 rings (SSSR count). The molecule has 0 bridgehead atoms. The number of anilines is 1. The average molecular weight is 549 g/mol. The van der Waals surface area contributed by atoms with E-state index in [1.165, 1.54) is 5.56 Å². The van der Waals surface area contributed by atoms with Crippen molar-refractivity contribution in [2.24, 2.45) is 7.05 Å². The van der Waals surface area contributed by atoms with Crippen LogP contribution in [0, 0.1) is 18.3 Å². The van der Waals surface area contributed by atoms with Crippen LogP contribution in [-0.4, -0.2) is 54.4 Å². The fourth-order valence-electron chi connectivity index (χ4n) is 5.28. The van der Waals surface area contributed by atoms with Crippen LogP contribution in [0.2, 0.25) is 0 Å². The predicted octanol–water partition coefficient (Wildman–Crippen LogP) is 3.93. The van der Waals surface area contributed by atoms with Gasteiger partial charge in [-0.3, -0.25) is 19.4 Å². The van der Waals surface area contributed by atoms with Gasteiger partial charge in [0.15, 0.2) is 0 Å². The first-order valence-corrected chi connectivity index (χ1v) is 12.9. The molecule has 1 aliphatic rings. The Hall–Kier alpha value is -3.29. The van der Waals surface area contributed by atoms with Gasteiger partial charge in [-0.15, -0.1) is 0 Å². The van der Waals surface area contributed by atoms with Crippen LogP contribution in [0.1, 0.15) is 38.1 Å². The zero-order valence-corrected chi connectivity index (χ0v) is 22.7. The number of benzene rings is 1. The van der Waals surface area contributed by atoms with E-state index in [2.05, 4.69) is 79.8 Å². The number of rotatable bonds is 4. The lowest BCUT2D eigenvalue weighted by Gasteiger charge is -2.48. The summed E-state index contributed by atoms with van der Waals surface area (Å²) >= 11 is 3.58. The quantitative estimate of drug-likeness (QED) is 0.381. The Morgan fingerprint density at radius 2 is 2.00 bits per heavy atom. The predicted molar refractivity (Wildman–Crippen MR) is 144 cm³/mol. The Kier molecular flexibility index (Phi) is 6.30. The van der Waals surface area contributed by atoms with Crippen LogP contribution in [-0.2, 0) is 13.6 Å². The summed E-state index contributed by atoms with van der Waals surface area (Å²) in [7, 11) is 1.73. The van der Waals surface area contributed by atoms with E-state index in [9.17, 15) is 4.79 Å². The third kappa shape index (κ3) is 4.06. The molecule has 0 aliphatic carbocycles. The molecule has 4 heterocycles. The number of pyridine rings is 1. The van der Waals surface area contributed by atoms with E-state index < -0.39 is 0 Å². The molecule has 36 heavy (non-hydrogen) atoms. The third-order valence-electron chi connectivity index (χ3n) is 7.25. The minimum Gasteiger partial charge on any atom is -0.363 e. The smallest absolute Gasteiger partial charge is 0.267 e. The van der Waals surface area contributed by atoms with Crippen LogP contribution in [0.5, 0.6) is 0 Å². The van der Waals surface area contributed by atoms with Gasteiger partial charge in [0.2, 0.25) is 0 Å². The molecule has 0 spiro atoms. The molecule has 0 amide bonds. The van der Waals surface area contributed by atoms with Gasteiger partial charge in [0.25, 0.3) is 5.56 Å². The highest BCUT2D eigenvalue weighted by molar-refractivity contribution is 9.10. The van der Waals surface area contributed by atoms with Crippen LogP contribution < -0.4 is 10.5 Å². The molecule has 0 N–H and O–H groups in total. The molecule has 10 heteroatoms. The molecule has 9 nitrogen and oxygen atoms in total. The summed E-state index contributed by atoms with van der Waals surface area (Å²) in [5.74, 6) is 0. The van der Waals surface area contributed by atoms with E-state index in [0.29, 0.717) is 4.47 Å².